The number of nitro groups is 2. The molecule has 0 aliphatic carbocycles. The van der Waals surface area contributed by atoms with Crippen LogP contribution in [0.3, 0.4) is 0 Å². The number of amides is 2. The molecule has 0 bridgehead atoms. The molecule has 0 heterocycles. The van der Waals surface area contributed by atoms with Crippen LogP contribution in [0, 0.1) is 20.2 Å². The van der Waals surface area contributed by atoms with Crippen molar-refractivity contribution in [2.45, 2.75) is 6.42 Å². The number of rotatable bonds is 10. The Bertz CT molecular complexity index is 916. The molecule has 0 radical (unpaired) electrons. The smallest absolute Gasteiger partial charge is 0.269 e. The Balaban J connectivity index is 1.64. The van der Waals surface area contributed by atoms with Crippen LogP contribution in [0.25, 0.3) is 12.2 Å². The van der Waals surface area contributed by atoms with Gasteiger partial charge in [-0.05, 0) is 54.0 Å². The third-order valence-corrected chi connectivity index (χ3v) is 4.01. The van der Waals surface area contributed by atoms with Gasteiger partial charge in [-0.2, -0.15) is 0 Å². The van der Waals surface area contributed by atoms with Gasteiger partial charge in [-0.15, -0.1) is 0 Å². The predicted molar refractivity (Wildman–Crippen MR) is 115 cm³/mol. The van der Waals surface area contributed by atoms with E-state index in [0.717, 1.165) is 0 Å². The molecule has 2 rings (SSSR count). The van der Waals surface area contributed by atoms with E-state index >= 15 is 0 Å². The zero-order valence-electron chi connectivity index (χ0n) is 16.4. The number of hydrogen-bond donors (Lipinski definition) is 2. The molecule has 0 spiro atoms. The first-order valence-corrected chi connectivity index (χ1v) is 9.26. The fourth-order valence-electron chi connectivity index (χ4n) is 2.39. The fraction of sp³-hybridized carbons (Fsp3) is 0.143. The van der Waals surface area contributed by atoms with Gasteiger partial charge in [0.2, 0.25) is 11.8 Å². The molecule has 160 valence electrons. The summed E-state index contributed by atoms with van der Waals surface area (Å²) in [6.45, 7) is 0.714. The molecule has 31 heavy (non-hydrogen) atoms. The normalized spacial score (nSPS) is 10.8. The van der Waals surface area contributed by atoms with E-state index in [-0.39, 0.29) is 23.2 Å². The van der Waals surface area contributed by atoms with Crippen LogP contribution in [0.1, 0.15) is 17.5 Å². The monoisotopic (exact) mass is 424 g/mol. The minimum absolute atomic E-state index is 0.0220. The van der Waals surface area contributed by atoms with Crippen molar-refractivity contribution in [3.63, 3.8) is 0 Å². The number of nitrogens with one attached hydrogen (secondary N) is 2. The van der Waals surface area contributed by atoms with Gasteiger partial charge < -0.3 is 10.6 Å². The molecule has 2 N–H and O–H groups in total. The van der Waals surface area contributed by atoms with Gasteiger partial charge in [0.05, 0.1) is 9.85 Å². The van der Waals surface area contributed by atoms with Crippen molar-refractivity contribution < 1.29 is 19.4 Å². The highest BCUT2D eigenvalue weighted by molar-refractivity contribution is 5.92. The van der Waals surface area contributed by atoms with Crippen LogP contribution in [0.5, 0.6) is 0 Å². The number of carbonyl (C=O) groups excluding carboxylic acids is 2. The molecule has 2 aromatic rings. The van der Waals surface area contributed by atoms with E-state index < -0.39 is 9.85 Å². The van der Waals surface area contributed by atoms with E-state index in [1.54, 1.807) is 36.4 Å². The molecule has 0 saturated carbocycles. The van der Waals surface area contributed by atoms with Gasteiger partial charge in [0.25, 0.3) is 11.4 Å². The van der Waals surface area contributed by atoms with E-state index in [1.165, 1.54) is 36.4 Å². The number of non-ortho nitro benzene ring substituents is 2. The standard InChI is InChI=1S/C21H20N4O6/c26-20(12-6-16-2-8-18(9-3-16)24(28)29)22-14-1-15-23-21(27)13-7-17-4-10-19(11-5-17)25(30)31/h2-13H,1,14-15H2,(H,22,26)(H,23,27). The Labute approximate surface area is 177 Å². The second-order valence-corrected chi connectivity index (χ2v) is 6.30. The molecule has 0 atom stereocenters. The number of carbonyl (C=O) groups is 2. The molecule has 0 fully saturated rings. The molecule has 10 heteroatoms. The lowest BCUT2D eigenvalue weighted by Gasteiger charge is -2.03. The van der Waals surface area contributed by atoms with Crippen LogP contribution in [0.4, 0.5) is 11.4 Å². The summed E-state index contributed by atoms with van der Waals surface area (Å²) >= 11 is 0. The van der Waals surface area contributed by atoms with Crippen LogP contribution in [-0.2, 0) is 9.59 Å². The summed E-state index contributed by atoms with van der Waals surface area (Å²) in [6, 6.07) is 11.6. The Hall–Kier alpha value is -4.34. The molecule has 2 amide bonds. The van der Waals surface area contributed by atoms with E-state index in [0.29, 0.717) is 30.6 Å². The fourth-order valence-corrected chi connectivity index (χ4v) is 2.39. The molecule has 0 unspecified atom stereocenters. The SMILES string of the molecule is O=C(C=Cc1ccc([N+](=O)[O-])cc1)NCCCNC(=O)C=Cc1ccc([N+](=O)[O-])cc1. The minimum Gasteiger partial charge on any atom is -0.352 e. The number of nitrogens with zero attached hydrogens (tertiary/aromatic N) is 2. The first-order valence-electron chi connectivity index (χ1n) is 9.26. The van der Waals surface area contributed by atoms with Crippen molar-refractivity contribution in [1.82, 2.24) is 10.6 Å². The van der Waals surface area contributed by atoms with Crippen LogP contribution in [0.2, 0.25) is 0 Å². The zero-order valence-corrected chi connectivity index (χ0v) is 16.4. The molecule has 0 saturated heterocycles. The van der Waals surface area contributed by atoms with Crippen molar-refractivity contribution in [3.8, 4) is 0 Å². The van der Waals surface area contributed by atoms with Gasteiger partial charge in [-0.3, -0.25) is 29.8 Å². The van der Waals surface area contributed by atoms with Gasteiger partial charge in [-0.25, -0.2) is 0 Å². The quantitative estimate of drug-likeness (QED) is 0.260. The summed E-state index contributed by atoms with van der Waals surface area (Å²) in [7, 11) is 0. The van der Waals surface area contributed by atoms with Crippen LogP contribution in [0.15, 0.2) is 60.7 Å². The molecule has 10 nitrogen and oxygen atoms in total. The maximum Gasteiger partial charge on any atom is 0.269 e. The lowest BCUT2D eigenvalue weighted by atomic mass is 10.2. The average molecular weight is 424 g/mol. The first kappa shape index (κ1) is 22.9. The maximum atomic E-state index is 11.8. The molecule has 0 aliphatic rings. The van der Waals surface area contributed by atoms with E-state index in [2.05, 4.69) is 10.6 Å². The molecule has 0 aromatic heterocycles. The van der Waals surface area contributed by atoms with Crippen LogP contribution in [-0.4, -0.2) is 34.8 Å². The van der Waals surface area contributed by atoms with Crippen molar-refractivity contribution in [2.24, 2.45) is 0 Å². The lowest BCUT2D eigenvalue weighted by molar-refractivity contribution is -0.385. The maximum absolute atomic E-state index is 11.8. The summed E-state index contributed by atoms with van der Waals surface area (Å²) < 4.78 is 0. The molecular formula is C21H20N4O6. The highest BCUT2D eigenvalue weighted by Gasteiger charge is 2.04. The average Bonchev–Trinajstić information content (AvgIpc) is 2.76. The van der Waals surface area contributed by atoms with Gasteiger partial charge in [0.1, 0.15) is 0 Å². The summed E-state index contributed by atoms with van der Waals surface area (Å²) in [5, 5.41) is 26.5. The number of benzene rings is 2. The molecular weight excluding hydrogens is 404 g/mol. The first-order chi connectivity index (χ1) is 14.8. The largest absolute Gasteiger partial charge is 0.352 e. The van der Waals surface area contributed by atoms with Crippen molar-refractivity contribution in [1.29, 1.82) is 0 Å². The van der Waals surface area contributed by atoms with E-state index in [9.17, 15) is 29.8 Å². The Morgan fingerprint density at radius 3 is 1.39 bits per heavy atom. The third-order valence-electron chi connectivity index (χ3n) is 4.01. The van der Waals surface area contributed by atoms with E-state index in [4.69, 9.17) is 0 Å². The van der Waals surface area contributed by atoms with Gasteiger partial charge in [0.15, 0.2) is 0 Å². The number of nitro benzene ring substituents is 2. The summed E-state index contributed by atoms with van der Waals surface area (Å²) in [5.74, 6) is -0.634. The summed E-state index contributed by atoms with van der Waals surface area (Å²) in [4.78, 5) is 43.7. The van der Waals surface area contributed by atoms with Crippen molar-refractivity contribution in [3.05, 3.63) is 92.0 Å². The second kappa shape index (κ2) is 11.6. The van der Waals surface area contributed by atoms with Crippen LogP contribution >= 0.6 is 0 Å². The Morgan fingerprint density at radius 2 is 1.06 bits per heavy atom. The minimum atomic E-state index is -0.496. The van der Waals surface area contributed by atoms with Crippen LogP contribution < -0.4 is 10.6 Å². The Kier molecular flexibility index (Phi) is 8.59. The number of hydrogen-bond acceptors (Lipinski definition) is 6. The summed E-state index contributed by atoms with van der Waals surface area (Å²) in [5.41, 5.74) is 1.28. The van der Waals surface area contributed by atoms with E-state index in [1.807, 2.05) is 0 Å². The highest BCUT2D eigenvalue weighted by atomic mass is 16.6. The Morgan fingerprint density at radius 1 is 0.710 bits per heavy atom. The van der Waals surface area contributed by atoms with Crippen molar-refractivity contribution >= 4 is 35.3 Å². The lowest BCUT2D eigenvalue weighted by Crippen LogP contribution is -2.28. The predicted octanol–water partition coefficient (Wildman–Crippen LogP) is 2.85. The molecule has 2 aromatic carbocycles. The molecule has 0 aliphatic heterocycles. The second-order valence-electron chi connectivity index (χ2n) is 6.30. The summed E-state index contributed by atoms with van der Waals surface area (Å²) in [6.07, 6.45) is 6.27. The van der Waals surface area contributed by atoms with Gasteiger partial charge in [-0.1, -0.05) is 0 Å². The van der Waals surface area contributed by atoms with Gasteiger partial charge >= 0.3 is 0 Å². The van der Waals surface area contributed by atoms with Crippen molar-refractivity contribution in [2.75, 3.05) is 13.1 Å². The third kappa shape index (κ3) is 8.28. The van der Waals surface area contributed by atoms with Gasteiger partial charge in [0, 0.05) is 49.5 Å². The highest BCUT2D eigenvalue weighted by Crippen LogP contribution is 2.13. The topological polar surface area (TPSA) is 144 Å². The zero-order chi connectivity index (χ0) is 22.6.